The highest BCUT2D eigenvalue weighted by Gasteiger charge is 2.44. The topological polar surface area (TPSA) is 78.8 Å². The van der Waals surface area contributed by atoms with Gasteiger partial charge in [-0.15, -0.1) is 0 Å². The first-order valence-electron chi connectivity index (χ1n) is 9.14. The SMILES string of the molecule is Cc1cccc(NC(=O)CN(C2=N[C@H]3CS(=O)(=O)C[C@H]3S2)c2ccccc2F)c1. The van der Waals surface area contributed by atoms with Crippen LogP contribution in [0.15, 0.2) is 53.5 Å². The number of fused-ring (bicyclic) bond motifs is 1. The molecule has 152 valence electrons. The number of carbonyl (C=O) groups is 1. The number of para-hydroxylation sites is 1. The van der Waals surface area contributed by atoms with Crippen LogP contribution in [-0.2, 0) is 14.6 Å². The Kier molecular flexibility index (Phi) is 5.35. The van der Waals surface area contributed by atoms with E-state index in [4.69, 9.17) is 0 Å². The van der Waals surface area contributed by atoms with Crippen LogP contribution in [0, 0.1) is 12.7 Å². The van der Waals surface area contributed by atoms with Crippen LogP contribution in [0.4, 0.5) is 15.8 Å². The van der Waals surface area contributed by atoms with Crippen molar-refractivity contribution in [3.63, 3.8) is 0 Å². The first-order valence-corrected chi connectivity index (χ1v) is 11.8. The molecule has 2 atom stereocenters. The van der Waals surface area contributed by atoms with Crippen molar-refractivity contribution in [2.75, 3.05) is 28.3 Å². The minimum atomic E-state index is -3.10. The average Bonchev–Trinajstić information content (AvgIpc) is 3.14. The number of halogens is 1. The highest BCUT2D eigenvalue weighted by atomic mass is 32.2. The van der Waals surface area contributed by atoms with E-state index in [1.807, 2.05) is 25.1 Å². The van der Waals surface area contributed by atoms with E-state index >= 15 is 0 Å². The number of benzene rings is 2. The van der Waals surface area contributed by atoms with Crippen LogP contribution < -0.4 is 10.2 Å². The van der Waals surface area contributed by atoms with Gasteiger partial charge in [0.1, 0.15) is 12.4 Å². The van der Waals surface area contributed by atoms with E-state index in [1.54, 1.807) is 24.3 Å². The van der Waals surface area contributed by atoms with Crippen molar-refractivity contribution in [2.24, 2.45) is 4.99 Å². The molecule has 2 aromatic carbocycles. The summed E-state index contributed by atoms with van der Waals surface area (Å²) in [6.07, 6.45) is 0. The van der Waals surface area contributed by atoms with Gasteiger partial charge in [-0.05, 0) is 36.8 Å². The molecule has 4 rings (SSSR count). The number of aliphatic imine (C=N–C) groups is 1. The number of sulfone groups is 1. The number of thioether (sulfide) groups is 1. The molecule has 0 saturated carbocycles. The summed E-state index contributed by atoms with van der Waals surface area (Å²) in [5.41, 5.74) is 1.91. The fourth-order valence-corrected chi connectivity index (χ4v) is 7.24. The molecule has 1 amide bonds. The number of aryl methyl sites for hydroxylation is 1. The predicted octanol–water partition coefficient (Wildman–Crippen LogP) is 2.85. The molecule has 1 fully saturated rings. The molecule has 2 aromatic rings. The fourth-order valence-electron chi connectivity index (χ4n) is 3.46. The number of anilines is 2. The van der Waals surface area contributed by atoms with Crippen LogP contribution in [0.25, 0.3) is 0 Å². The molecule has 2 heterocycles. The lowest BCUT2D eigenvalue weighted by molar-refractivity contribution is -0.114. The van der Waals surface area contributed by atoms with Crippen molar-refractivity contribution >= 4 is 44.0 Å². The second kappa shape index (κ2) is 7.79. The lowest BCUT2D eigenvalue weighted by Crippen LogP contribution is -2.37. The summed E-state index contributed by atoms with van der Waals surface area (Å²) >= 11 is 1.30. The van der Waals surface area contributed by atoms with Gasteiger partial charge in [-0.3, -0.25) is 9.79 Å². The van der Waals surface area contributed by atoms with E-state index in [9.17, 15) is 17.6 Å². The second-order valence-electron chi connectivity index (χ2n) is 7.17. The first kappa shape index (κ1) is 19.9. The maximum atomic E-state index is 14.5. The highest BCUT2D eigenvalue weighted by Crippen LogP contribution is 2.37. The van der Waals surface area contributed by atoms with Gasteiger partial charge in [0.05, 0.1) is 23.2 Å². The Bertz CT molecular complexity index is 1090. The van der Waals surface area contributed by atoms with Crippen LogP contribution in [-0.4, -0.2) is 48.8 Å². The molecule has 0 aliphatic carbocycles. The highest BCUT2D eigenvalue weighted by molar-refractivity contribution is 8.15. The van der Waals surface area contributed by atoms with Gasteiger partial charge >= 0.3 is 0 Å². The van der Waals surface area contributed by atoms with Gasteiger partial charge in [0, 0.05) is 10.9 Å². The number of carbonyl (C=O) groups excluding carboxylic acids is 1. The van der Waals surface area contributed by atoms with Gasteiger partial charge in [-0.25, -0.2) is 12.8 Å². The normalized spacial score (nSPS) is 22.1. The Hall–Kier alpha value is -2.39. The van der Waals surface area contributed by atoms with E-state index in [1.165, 1.54) is 22.7 Å². The molecule has 0 radical (unpaired) electrons. The van der Waals surface area contributed by atoms with E-state index in [2.05, 4.69) is 10.3 Å². The summed E-state index contributed by atoms with van der Waals surface area (Å²) in [5.74, 6) is -0.735. The predicted molar refractivity (Wildman–Crippen MR) is 115 cm³/mol. The van der Waals surface area contributed by atoms with E-state index in [0.29, 0.717) is 10.9 Å². The quantitative estimate of drug-likeness (QED) is 0.802. The number of nitrogens with zero attached hydrogens (tertiary/aromatic N) is 2. The monoisotopic (exact) mass is 433 g/mol. The largest absolute Gasteiger partial charge is 0.325 e. The van der Waals surface area contributed by atoms with Gasteiger partial charge in [-0.2, -0.15) is 0 Å². The zero-order chi connectivity index (χ0) is 20.6. The van der Waals surface area contributed by atoms with E-state index in [-0.39, 0.29) is 40.9 Å². The minimum Gasteiger partial charge on any atom is -0.325 e. The second-order valence-corrected chi connectivity index (χ2v) is 10.5. The Morgan fingerprint density at radius 1 is 1.24 bits per heavy atom. The summed E-state index contributed by atoms with van der Waals surface area (Å²) in [6, 6.07) is 13.2. The number of amidine groups is 1. The molecule has 1 saturated heterocycles. The van der Waals surface area contributed by atoms with Crippen molar-refractivity contribution in [1.82, 2.24) is 0 Å². The summed E-state index contributed by atoms with van der Waals surface area (Å²) < 4.78 is 38.2. The zero-order valence-electron chi connectivity index (χ0n) is 15.7. The van der Waals surface area contributed by atoms with Crippen molar-refractivity contribution in [1.29, 1.82) is 0 Å². The molecule has 1 N–H and O–H groups in total. The molecule has 0 aromatic heterocycles. The van der Waals surface area contributed by atoms with Crippen molar-refractivity contribution < 1.29 is 17.6 Å². The lowest BCUT2D eigenvalue weighted by atomic mass is 10.2. The van der Waals surface area contributed by atoms with Crippen molar-refractivity contribution in [3.8, 4) is 0 Å². The van der Waals surface area contributed by atoms with E-state index in [0.717, 1.165) is 5.56 Å². The van der Waals surface area contributed by atoms with Gasteiger partial charge in [0.2, 0.25) is 5.91 Å². The van der Waals surface area contributed by atoms with Gasteiger partial charge < -0.3 is 10.2 Å². The number of nitrogens with one attached hydrogen (secondary N) is 1. The number of amides is 1. The lowest BCUT2D eigenvalue weighted by Gasteiger charge is -2.24. The Labute approximate surface area is 173 Å². The Balaban J connectivity index is 1.59. The molecule has 29 heavy (non-hydrogen) atoms. The maximum absolute atomic E-state index is 14.5. The number of hydrogen-bond donors (Lipinski definition) is 1. The average molecular weight is 434 g/mol. The minimum absolute atomic E-state index is 0.00519. The molecule has 2 aliphatic heterocycles. The standard InChI is InChI=1S/C20H20FN3O3S2/c1-13-5-4-6-14(9-13)22-19(25)10-24(17-8-3-2-7-15(17)21)20-23-16-11-29(26,27)12-18(16)28-20/h2-9,16,18H,10-12H2,1H3,(H,22,25)/t16-,18+/m0/s1. The van der Waals surface area contributed by atoms with Gasteiger partial charge in [0.15, 0.2) is 15.0 Å². The molecule has 9 heteroatoms. The van der Waals surface area contributed by atoms with Crippen LogP contribution >= 0.6 is 11.8 Å². The van der Waals surface area contributed by atoms with E-state index < -0.39 is 15.7 Å². The molecular weight excluding hydrogens is 413 g/mol. The van der Waals surface area contributed by atoms with Crippen LogP contribution in [0.3, 0.4) is 0 Å². The summed E-state index contributed by atoms with van der Waals surface area (Å²) in [7, 11) is -3.10. The third kappa shape index (κ3) is 4.45. The summed E-state index contributed by atoms with van der Waals surface area (Å²) in [6.45, 7) is 1.80. The first-order chi connectivity index (χ1) is 13.8. The molecule has 6 nitrogen and oxygen atoms in total. The van der Waals surface area contributed by atoms with Gasteiger partial charge in [-0.1, -0.05) is 36.0 Å². The van der Waals surface area contributed by atoms with Crippen molar-refractivity contribution in [2.45, 2.75) is 18.2 Å². The summed E-state index contributed by atoms with van der Waals surface area (Å²) in [4.78, 5) is 18.7. The van der Waals surface area contributed by atoms with Crippen LogP contribution in [0.1, 0.15) is 5.56 Å². The third-order valence-electron chi connectivity index (χ3n) is 4.78. The fraction of sp³-hybridized carbons (Fsp3) is 0.300. The molecule has 0 spiro atoms. The molecular formula is C20H20FN3O3S2. The van der Waals surface area contributed by atoms with Crippen LogP contribution in [0.2, 0.25) is 0 Å². The van der Waals surface area contributed by atoms with Crippen LogP contribution in [0.5, 0.6) is 0 Å². The van der Waals surface area contributed by atoms with Crippen molar-refractivity contribution in [3.05, 3.63) is 59.9 Å². The molecule has 0 bridgehead atoms. The summed E-state index contributed by atoms with van der Waals surface area (Å²) in [5, 5.41) is 3.11. The maximum Gasteiger partial charge on any atom is 0.244 e. The number of rotatable bonds is 4. The van der Waals surface area contributed by atoms with Gasteiger partial charge in [0.25, 0.3) is 0 Å². The molecule has 2 aliphatic rings. The Morgan fingerprint density at radius 3 is 2.76 bits per heavy atom. The zero-order valence-corrected chi connectivity index (χ0v) is 17.3. The molecule has 0 unspecified atom stereocenters. The third-order valence-corrected chi connectivity index (χ3v) is 8.03. The number of hydrogen-bond acceptors (Lipinski definition) is 6. The smallest absolute Gasteiger partial charge is 0.244 e. The Morgan fingerprint density at radius 2 is 2.03 bits per heavy atom.